The molecule has 0 N–H and O–H groups in total. The normalized spacial score (nSPS) is 19.5. The molecule has 0 aliphatic carbocycles. The molecule has 7 heteroatoms. The first-order valence-corrected chi connectivity index (χ1v) is 10.9. The van der Waals surface area contributed by atoms with E-state index in [2.05, 4.69) is 0 Å². The third-order valence-corrected chi connectivity index (χ3v) is 6.11. The van der Waals surface area contributed by atoms with Crippen molar-refractivity contribution in [2.75, 3.05) is 37.8 Å². The Morgan fingerprint density at radius 2 is 1.61 bits per heavy atom. The summed E-state index contributed by atoms with van der Waals surface area (Å²) in [6, 6.07) is 13.5. The predicted octanol–water partition coefficient (Wildman–Crippen LogP) is 3.33. The van der Waals surface area contributed by atoms with Crippen LogP contribution in [0.3, 0.4) is 0 Å². The Morgan fingerprint density at radius 1 is 0.839 bits per heavy atom. The van der Waals surface area contributed by atoms with E-state index < -0.39 is 0 Å². The van der Waals surface area contributed by atoms with Crippen LogP contribution < -0.4 is 19.1 Å². The Bertz CT molecular complexity index is 992. The topological polar surface area (TPSA) is 68.3 Å². The second kappa shape index (κ2) is 8.49. The molecule has 7 nitrogen and oxygen atoms in total. The fourth-order valence-corrected chi connectivity index (χ4v) is 4.60. The first-order chi connectivity index (χ1) is 15.2. The van der Waals surface area contributed by atoms with Crippen LogP contribution in [-0.2, 0) is 9.59 Å². The van der Waals surface area contributed by atoms with Crippen LogP contribution in [0, 0.1) is 0 Å². The van der Waals surface area contributed by atoms with Crippen LogP contribution in [0.5, 0.6) is 17.2 Å². The van der Waals surface area contributed by atoms with Gasteiger partial charge in [-0.15, -0.1) is 0 Å². The van der Waals surface area contributed by atoms with Gasteiger partial charge in [0.2, 0.25) is 11.8 Å². The predicted molar refractivity (Wildman–Crippen MR) is 115 cm³/mol. The lowest BCUT2D eigenvalue weighted by Crippen LogP contribution is -2.39. The van der Waals surface area contributed by atoms with Gasteiger partial charge in [-0.05, 0) is 42.7 Å². The van der Waals surface area contributed by atoms with E-state index in [0.717, 1.165) is 35.6 Å². The number of carbonyl (C=O) groups is 2. The zero-order chi connectivity index (χ0) is 21.2. The maximum Gasteiger partial charge on any atom is 0.227 e. The molecule has 2 amide bonds. The van der Waals surface area contributed by atoms with Crippen molar-refractivity contribution in [3.63, 3.8) is 0 Å². The average Bonchev–Trinajstić information content (AvgIpc) is 3.32. The second-order valence-corrected chi connectivity index (χ2v) is 8.01. The maximum atomic E-state index is 13.0. The number of ether oxygens (including phenoxy) is 3. The van der Waals surface area contributed by atoms with Gasteiger partial charge in [-0.25, -0.2) is 0 Å². The quantitative estimate of drug-likeness (QED) is 0.756. The highest BCUT2D eigenvalue weighted by atomic mass is 16.6. The molecule has 0 aromatic heterocycles. The molecule has 5 rings (SSSR count). The summed E-state index contributed by atoms with van der Waals surface area (Å²) in [6.07, 6.45) is 2.27. The molecule has 0 spiro atoms. The third-order valence-electron chi connectivity index (χ3n) is 6.11. The molecule has 1 fully saturated rings. The van der Waals surface area contributed by atoms with Gasteiger partial charge in [-0.2, -0.15) is 0 Å². The van der Waals surface area contributed by atoms with Gasteiger partial charge >= 0.3 is 0 Å². The van der Waals surface area contributed by atoms with Crippen LogP contribution in [0.25, 0.3) is 0 Å². The van der Waals surface area contributed by atoms with Crippen molar-refractivity contribution in [3.05, 3.63) is 48.0 Å². The number of rotatable bonds is 4. The molecule has 0 bridgehead atoms. The van der Waals surface area contributed by atoms with Gasteiger partial charge in [0.15, 0.2) is 11.5 Å². The van der Waals surface area contributed by atoms with E-state index >= 15 is 0 Å². The number of benzene rings is 2. The average molecular weight is 422 g/mol. The van der Waals surface area contributed by atoms with Gasteiger partial charge in [0.05, 0.1) is 18.3 Å². The minimum atomic E-state index is -0.0424. The molecule has 3 heterocycles. The van der Waals surface area contributed by atoms with Crippen molar-refractivity contribution in [1.82, 2.24) is 4.90 Å². The molecule has 1 atom stereocenters. The Hall–Kier alpha value is -3.22. The van der Waals surface area contributed by atoms with Crippen molar-refractivity contribution in [3.8, 4) is 17.2 Å². The largest absolute Gasteiger partial charge is 0.490 e. The monoisotopic (exact) mass is 422 g/mol. The van der Waals surface area contributed by atoms with E-state index in [9.17, 15) is 9.59 Å². The highest BCUT2D eigenvalue weighted by molar-refractivity contribution is 5.97. The number of amides is 2. The number of likely N-dealkylation sites (tertiary alicyclic amines) is 1. The molecule has 3 aliphatic heterocycles. The minimum Gasteiger partial charge on any atom is -0.490 e. The summed E-state index contributed by atoms with van der Waals surface area (Å²) in [6.45, 7) is 2.79. The lowest BCUT2D eigenvalue weighted by atomic mass is 10.0. The van der Waals surface area contributed by atoms with Gasteiger partial charge in [0.25, 0.3) is 0 Å². The van der Waals surface area contributed by atoms with Gasteiger partial charge in [-0.1, -0.05) is 18.2 Å². The van der Waals surface area contributed by atoms with Crippen molar-refractivity contribution >= 4 is 17.5 Å². The SMILES string of the molecule is O=C(CCC(=O)N1CCCC1c1ccc2c(c1)OCCO2)N1CCOc2ccccc21. The van der Waals surface area contributed by atoms with Gasteiger partial charge in [0.1, 0.15) is 25.6 Å². The molecule has 0 saturated carbocycles. The van der Waals surface area contributed by atoms with Crippen LogP contribution in [0.4, 0.5) is 5.69 Å². The summed E-state index contributed by atoms with van der Waals surface area (Å²) in [5, 5.41) is 0. The molecule has 162 valence electrons. The van der Waals surface area contributed by atoms with Crippen LogP contribution in [-0.4, -0.2) is 49.6 Å². The Labute approximate surface area is 181 Å². The molecular weight excluding hydrogens is 396 g/mol. The van der Waals surface area contributed by atoms with Crippen LogP contribution in [0.15, 0.2) is 42.5 Å². The first kappa shape index (κ1) is 19.7. The van der Waals surface area contributed by atoms with Crippen LogP contribution in [0.2, 0.25) is 0 Å². The van der Waals surface area contributed by atoms with E-state index in [-0.39, 0.29) is 30.7 Å². The number of fused-ring (bicyclic) bond motifs is 2. The van der Waals surface area contributed by atoms with Crippen LogP contribution in [0.1, 0.15) is 37.3 Å². The zero-order valence-electron chi connectivity index (χ0n) is 17.4. The van der Waals surface area contributed by atoms with Gasteiger partial charge in [-0.3, -0.25) is 9.59 Å². The molecule has 0 radical (unpaired) electrons. The standard InChI is InChI=1S/C24H26N2O5/c27-23(9-10-24(28)26-12-13-29-20-6-2-1-4-19(20)26)25-11-3-5-18(25)17-7-8-21-22(16-17)31-15-14-30-21/h1-2,4,6-8,16,18H,3,5,9-15H2. The second-order valence-electron chi connectivity index (χ2n) is 8.01. The Morgan fingerprint density at radius 3 is 2.52 bits per heavy atom. The Kier molecular flexibility index (Phi) is 5.40. The fourth-order valence-electron chi connectivity index (χ4n) is 4.60. The lowest BCUT2D eigenvalue weighted by Gasteiger charge is -2.30. The first-order valence-electron chi connectivity index (χ1n) is 10.9. The molecule has 1 saturated heterocycles. The number of hydrogen-bond donors (Lipinski definition) is 0. The van der Waals surface area contributed by atoms with E-state index in [1.54, 1.807) is 4.90 Å². The summed E-state index contributed by atoms with van der Waals surface area (Å²) in [7, 11) is 0. The number of hydrogen-bond acceptors (Lipinski definition) is 5. The molecule has 3 aliphatic rings. The molecule has 1 unspecified atom stereocenters. The van der Waals surface area contributed by atoms with E-state index in [1.165, 1.54) is 0 Å². The maximum absolute atomic E-state index is 13.0. The summed E-state index contributed by atoms with van der Waals surface area (Å²) in [5.74, 6) is 2.18. The van der Waals surface area contributed by atoms with Crippen molar-refractivity contribution in [2.24, 2.45) is 0 Å². The fraction of sp³-hybridized carbons (Fsp3) is 0.417. The highest BCUT2D eigenvalue weighted by Gasteiger charge is 2.31. The molecule has 31 heavy (non-hydrogen) atoms. The number of nitrogens with zero attached hydrogens (tertiary/aromatic N) is 2. The minimum absolute atomic E-state index is 0.0162. The Balaban J connectivity index is 1.24. The van der Waals surface area contributed by atoms with Gasteiger partial charge in [0, 0.05) is 19.4 Å². The summed E-state index contributed by atoms with van der Waals surface area (Å²) in [4.78, 5) is 29.5. The highest BCUT2D eigenvalue weighted by Crippen LogP contribution is 2.38. The lowest BCUT2D eigenvalue weighted by molar-refractivity contribution is -0.134. The molecular formula is C24H26N2O5. The van der Waals surface area contributed by atoms with E-state index in [4.69, 9.17) is 14.2 Å². The van der Waals surface area contributed by atoms with Crippen molar-refractivity contribution < 1.29 is 23.8 Å². The van der Waals surface area contributed by atoms with Gasteiger partial charge < -0.3 is 24.0 Å². The smallest absolute Gasteiger partial charge is 0.227 e. The van der Waals surface area contributed by atoms with Crippen molar-refractivity contribution in [1.29, 1.82) is 0 Å². The molecule has 2 aromatic carbocycles. The third kappa shape index (κ3) is 3.92. The summed E-state index contributed by atoms with van der Waals surface area (Å²) >= 11 is 0. The number of carbonyl (C=O) groups excluding carboxylic acids is 2. The van der Waals surface area contributed by atoms with E-state index in [1.807, 2.05) is 47.4 Å². The van der Waals surface area contributed by atoms with E-state index in [0.29, 0.717) is 38.7 Å². The number of anilines is 1. The van der Waals surface area contributed by atoms with Crippen molar-refractivity contribution in [2.45, 2.75) is 31.7 Å². The summed E-state index contributed by atoms with van der Waals surface area (Å²) in [5.41, 5.74) is 1.84. The summed E-state index contributed by atoms with van der Waals surface area (Å²) < 4.78 is 16.9. The molecule has 2 aromatic rings. The number of para-hydroxylation sites is 2. The van der Waals surface area contributed by atoms with Crippen LogP contribution >= 0.6 is 0 Å². The zero-order valence-corrected chi connectivity index (χ0v) is 17.4.